The smallest absolute Gasteiger partial charge is 0.246 e. The summed E-state index contributed by atoms with van der Waals surface area (Å²) >= 11 is 0. The molecule has 9 rings (SSSR count). The first-order valence-electron chi connectivity index (χ1n) is 13.4. The normalized spacial score (nSPS) is 12.0. The summed E-state index contributed by atoms with van der Waals surface area (Å²) in [5.74, 6) is 0. The Kier molecular flexibility index (Phi) is 4.30. The van der Waals surface area contributed by atoms with E-state index in [1.54, 1.807) is 0 Å². The zero-order valence-electron chi connectivity index (χ0n) is 21.4. The molecular formula is C36H21N3O. The minimum absolute atomic E-state index is 0.567. The Hall–Kier alpha value is -5.48. The zero-order chi connectivity index (χ0) is 26.2. The molecule has 0 saturated heterocycles. The summed E-state index contributed by atoms with van der Waals surface area (Å²) in [7, 11) is 0. The molecule has 40 heavy (non-hydrogen) atoms. The van der Waals surface area contributed by atoms with Crippen molar-refractivity contribution < 1.29 is 4.42 Å². The van der Waals surface area contributed by atoms with Crippen LogP contribution >= 0.6 is 0 Å². The van der Waals surface area contributed by atoms with Crippen molar-refractivity contribution in [3.63, 3.8) is 0 Å². The van der Waals surface area contributed by atoms with E-state index in [2.05, 4.69) is 102 Å². The minimum atomic E-state index is 0.567. The molecule has 0 aliphatic heterocycles. The fourth-order valence-electron chi connectivity index (χ4n) is 6.14. The average molecular weight is 512 g/mol. The summed E-state index contributed by atoms with van der Waals surface area (Å²) in [6, 6.07) is 44.8. The van der Waals surface area contributed by atoms with E-state index in [4.69, 9.17) is 14.4 Å². The van der Waals surface area contributed by atoms with E-state index in [9.17, 15) is 0 Å². The summed E-state index contributed by atoms with van der Waals surface area (Å²) < 4.78 is 8.48. The second-order valence-corrected chi connectivity index (χ2v) is 10.3. The van der Waals surface area contributed by atoms with Gasteiger partial charge in [0, 0.05) is 21.8 Å². The quantitative estimate of drug-likeness (QED) is 0.232. The molecule has 0 N–H and O–H groups in total. The molecule has 0 aliphatic carbocycles. The highest BCUT2D eigenvalue weighted by Gasteiger charge is 2.17. The molecule has 0 fully saturated rings. The van der Waals surface area contributed by atoms with Gasteiger partial charge in [-0.2, -0.15) is 0 Å². The van der Waals surface area contributed by atoms with Crippen LogP contribution < -0.4 is 0 Å². The standard InChI is InChI=1S/C36H21N3O/c1-2-9-25(10-3-1)39-31-18-15-22-8-4-5-11-26(22)34(31)27-17-14-24(21-32(27)39)23-16-19-33-28(20-23)35-36(40-33)38-30-13-7-6-12-29(30)37-35/h1-21H. The third kappa shape index (κ3) is 3.01. The van der Waals surface area contributed by atoms with Crippen LogP contribution in [-0.2, 0) is 0 Å². The van der Waals surface area contributed by atoms with Gasteiger partial charge in [0.05, 0.1) is 22.1 Å². The Bertz CT molecular complexity index is 2430. The Balaban J connectivity index is 1.32. The van der Waals surface area contributed by atoms with Crippen LogP contribution in [0.5, 0.6) is 0 Å². The number of rotatable bonds is 2. The van der Waals surface area contributed by atoms with E-state index in [0.717, 1.165) is 44.3 Å². The molecule has 0 unspecified atom stereocenters. The predicted octanol–water partition coefficient (Wildman–Crippen LogP) is 9.45. The van der Waals surface area contributed by atoms with E-state index >= 15 is 0 Å². The summed E-state index contributed by atoms with van der Waals surface area (Å²) in [6.45, 7) is 0. The minimum Gasteiger partial charge on any atom is -0.436 e. The van der Waals surface area contributed by atoms with E-state index in [0.29, 0.717) is 5.71 Å². The van der Waals surface area contributed by atoms with Gasteiger partial charge in [0.1, 0.15) is 11.1 Å². The predicted molar refractivity (Wildman–Crippen MR) is 164 cm³/mol. The van der Waals surface area contributed by atoms with Gasteiger partial charge in [-0.15, -0.1) is 0 Å². The van der Waals surface area contributed by atoms with E-state index in [1.807, 2.05) is 30.3 Å². The maximum Gasteiger partial charge on any atom is 0.246 e. The summed E-state index contributed by atoms with van der Waals surface area (Å²) in [5, 5.41) is 6.01. The van der Waals surface area contributed by atoms with Gasteiger partial charge in [0.15, 0.2) is 0 Å². The topological polar surface area (TPSA) is 43.9 Å². The number of hydrogen-bond acceptors (Lipinski definition) is 3. The molecule has 0 bridgehead atoms. The molecule has 4 heteroatoms. The maximum absolute atomic E-state index is 6.10. The van der Waals surface area contributed by atoms with Crippen LogP contribution in [0, 0.1) is 0 Å². The largest absolute Gasteiger partial charge is 0.436 e. The molecule has 0 radical (unpaired) electrons. The highest BCUT2D eigenvalue weighted by Crippen LogP contribution is 2.39. The van der Waals surface area contributed by atoms with Gasteiger partial charge in [-0.05, 0) is 70.4 Å². The van der Waals surface area contributed by atoms with Crippen LogP contribution in [0.2, 0.25) is 0 Å². The van der Waals surface area contributed by atoms with Crippen molar-refractivity contribution in [3.05, 3.63) is 127 Å². The molecule has 186 valence electrons. The monoisotopic (exact) mass is 511 g/mol. The Morgan fingerprint density at radius 3 is 2.17 bits per heavy atom. The summed E-state index contributed by atoms with van der Waals surface area (Å²) in [6.07, 6.45) is 0. The molecule has 0 aliphatic rings. The van der Waals surface area contributed by atoms with Crippen molar-refractivity contribution in [2.75, 3.05) is 0 Å². The zero-order valence-corrected chi connectivity index (χ0v) is 21.4. The van der Waals surface area contributed by atoms with E-state index in [-0.39, 0.29) is 0 Å². The van der Waals surface area contributed by atoms with Gasteiger partial charge in [-0.1, -0.05) is 78.9 Å². The van der Waals surface area contributed by atoms with Crippen molar-refractivity contribution in [1.82, 2.24) is 14.5 Å². The van der Waals surface area contributed by atoms with Crippen molar-refractivity contribution in [2.24, 2.45) is 0 Å². The van der Waals surface area contributed by atoms with Crippen LogP contribution in [0.15, 0.2) is 132 Å². The van der Waals surface area contributed by atoms with E-state index in [1.165, 1.54) is 32.6 Å². The highest BCUT2D eigenvalue weighted by atomic mass is 16.3. The fraction of sp³-hybridized carbons (Fsp3) is 0. The molecule has 0 amide bonds. The molecule has 3 aromatic heterocycles. The van der Waals surface area contributed by atoms with Crippen LogP contribution in [0.3, 0.4) is 0 Å². The lowest BCUT2D eigenvalue weighted by atomic mass is 10.00. The Morgan fingerprint density at radius 2 is 1.27 bits per heavy atom. The van der Waals surface area contributed by atoms with Crippen molar-refractivity contribution in [2.45, 2.75) is 0 Å². The molecule has 0 saturated carbocycles. The number of aromatic nitrogens is 3. The van der Waals surface area contributed by atoms with Crippen LogP contribution in [0.4, 0.5) is 0 Å². The van der Waals surface area contributed by atoms with Crippen molar-refractivity contribution in [1.29, 1.82) is 0 Å². The van der Waals surface area contributed by atoms with E-state index < -0.39 is 0 Å². The molecule has 4 nitrogen and oxygen atoms in total. The van der Waals surface area contributed by atoms with Crippen molar-refractivity contribution in [3.8, 4) is 16.8 Å². The number of fused-ring (bicyclic) bond motifs is 9. The second-order valence-electron chi connectivity index (χ2n) is 10.3. The van der Waals surface area contributed by atoms with Gasteiger partial charge in [-0.25, -0.2) is 9.97 Å². The molecule has 9 aromatic rings. The van der Waals surface area contributed by atoms with Crippen LogP contribution in [0.1, 0.15) is 0 Å². The fourth-order valence-corrected chi connectivity index (χ4v) is 6.14. The first-order chi connectivity index (χ1) is 19.8. The van der Waals surface area contributed by atoms with Gasteiger partial charge in [0.25, 0.3) is 0 Å². The Labute approximate surface area is 228 Å². The molecule has 0 spiro atoms. The third-order valence-electron chi connectivity index (χ3n) is 7.98. The van der Waals surface area contributed by atoms with Gasteiger partial charge in [0.2, 0.25) is 5.71 Å². The number of benzene rings is 6. The molecule has 6 aromatic carbocycles. The maximum atomic E-state index is 6.10. The van der Waals surface area contributed by atoms with Gasteiger partial charge in [-0.3, -0.25) is 0 Å². The second kappa shape index (κ2) is 8.01. The first kappa shape index (κ1) is 21.5. The number of nitrogens with zero attached hydrogens (tertiary/aromatic N) is 3. The lowest BCUT2D eigenvalue weighted by Gasteiger charge is -2.09. The van der Waals surface area contributed by atoms with Gasteiger partial charge < -0.3 is 8.98 Å². The van der Waals surface area contributed by atoms with Crippen LogP contribution in [-0.4, -0.2) is 14.5 Å². The molecule has 0 atom stereocenters. The highest BCUT2D eigenvalue weighted by molar-refractivity contribution is 6.21. The first-order valence-corrected chi connectivity index (χ1v) is 13.4. The number of hydrogen-bond donors (Lipinski definition) is 0. The third-order valence-corrected chi connectivity index (χ3v) is 7.98. The van der Waals surface area contributed by atoms with Gasteiger partial charge >= 0.3 is 0 Å². The number of furan rings is 1. The van der Waals surface area contributed by atoms with Crippen molar-refractivity contribution >= 4 is 65.8 Å². The average Bonchev–Trinajstić information content (AvgIpc) is 3.54. The lowest BCUT2D eigenvalue weighted by Crippen LogP contribution is -1.93. The lowest BCUT2D eigenvalue weighted by molar-refractivity contribution is 0.655. The molecule has 3 heterocycles. The molecular weight excluding hydrogens is 490 g/mol. The summed E-state index contributed by atoms with van der Waals surface area (Å²) in [4.78, 5) is 9.62. The Morgan fingerprint density at radius 1 is 0.525 bits per heavy atom. The number of para-hydroxylation sites is 3. The summed E-state index contributed by atoms with van der Waals surface area (Å²) in [5.41, 5.74) is 9.63. The van der Waals surface area contributed by atoms with Crippen LogP contribution in [0.25, 0.3) is 82.6 Å². The SMILES string of the molecule is c1ccc(-n2c3cc(-c4ccc5oc6nc7ccccc7nc6c5c4)ccc3c3c4ccccc4ccc32)cc1.